The van der Waals surface area contributed by atoms with Crippen LogP contribution in [-0.2, 0) is 0 Å². The standard InChI is InChI=1S/C14H17BrO2/c15-10-4-5-13-11(8-10)12(16)9-14(17-13)6-2-1-3-7-14/h4-5,8,12,16H,1-3,6-7,9H2. The van der Waals surface area contributed by atoms with Gasteiger partial charge in [0.1, 0.15) is 11.4 Å². The summed E-state index contributed by atoms with van der Waals surface area (Å²) in [5.41, 5.74) is 0.828. The number of fused-ring (bicyclic) bond motifs is 1. The SMILES string of the molecule is OC1CC2(CCCCC2)Oc2ccc(Br)cc21. The quantitative estimate of drug-likeness (QED) is 0.785. The Hall–Kier alpha value is -0.540. The second-order valence-corrected chi connectivity index (χ2v) is 6.16. The maximum atomic E-state index is 10.3. The normalized spacial score (nSPS) is 26.4. The van der Waals surface area contributed by atoms with Gasteiger partial charge in [-0.05, 0) is 43.9 Å². The van der Waals surface area contributed by atoms with Crippen molar-refractivity contribution in [2.75, 3.05) is 0 Å². The molecule has 3 rings (SSSR count). The van der Waals surface area contributed by atoms with Gasteiger partial charge < -0.3 is 9.84 Å². The van der Waals surface area contributed by atoms with Crippen LogP contribution in [0.15, 0.2) is 22.7 Å². The molecule has 1 N–H and O–H groups in total. The Morgan fingerprint density at radius 1 is 1.24 bits per heavy atom. The minimum absolute atomic E-state index is 0.0987. The zero-order valence-corrected chi connectivity index (χ0v) is 11.4. The molecule has 0 amide bonds. The Morgan fingerprint density at radius 2 is 2.00 bits per heavy atom. The first-order valence-electron chi connectivity index (χ1n) is 6.35. The van der Waals surface area contributed by atoms with Gasteiger partial charge in [-0.2, -0.15) is 0 Å². The molecule has 92 valence electrons. The number of aliphatic hydroxyl groups excluding tert-OH is 1. The topological polar surface area (TPSA) is 29.5 Å². The van der Waals surface area contributed by atoms with Crippen LogP contribution in [0.1, 0.15) is 50.2 Å². The second kappa shape index (κ2) is 4.29. The van der Waals surface area contributed by atoms with E-state index < -0.39 is 0 Å². The van der Waals surface area contributed by atoms with E-state index in [0.717, 1.165) is 35.0 Å². The predicted octanol–water partition coefficient (Wildman–Crippen LogP) is 3.97. The first kappa shape index (κ1) is 11.5. The molecule has 2 aliphatic rings. The maximum absolute atomic E-state index is 10.3. The zero-order valence-electron chi connectivity index (χ0n) is 9.79. The number of benzene rings is 1. The van der Waals surface area contributed by atoms with Crippen LogP contribution in [0.25, 0.3) is 0 Å². The van der Waals surface area contributed by atoms with E-state index in [-0.39, 0.29) is 11.7 Å². The van der Waals surface area contributed by atoms with Gasteiger partial charge in [-0.15, -0.1) is 0 Å². The molecule has 0 radical (unpaired) electrons. The minimum atomic E-state index is -0.380. The molecule has 1 fully saturated rings. The molecule has 1 unspecified atom stereocenters. The van der Waals surface area contributed by atoms with Crippen LogP contribution in [0.3, 0.4) is 0 Å². The van der Waals surface area contributed by atoms with Crippen molar-refractivity contribution in [1.82, 2.24) is 0 Å². The largest absolute Gasteiger partial charge is 0.487 e. The average Bonchev–Trinajstić information content (AvgIpc) is 2.31. The summed E-state index contributed by atoms with van der Waals surface area (Å²) in [4.78, 5) is 0. The summed E-state index contributed by atoms with van der Waals surface area (Å²) in [6.45, 7) is 0. The minimum Gasteiger partial charge on any atom is -0.487 e. The van der Waals surface area contributed by atoms with Gasteiger partial charge in [0.2, 0.25) is 0 Å². The van der Waals surface area contributed by atoms with E-state index in [9.17, 15) is 5.11 Å². The van der Waals surface area contributed by atoms with Crippen LogP contribution in [0.2, 0.25) is 0 Å². The molecule has 1 spiro atoms. The van der Waals surface area contributed by atoms with E-state index >= 15 is 0 Å². The summed E-state index contributed by atoms with van der Waals surface area (Å²) >= 11 is 3.44. The van der Waals surface area contributed by atoms with Crippen LogP contribution in [-0.4, -0.2) is 10.7 Å². The van der Waals surface area contributed by atoms with Gasteiger partial charge in [-0.3, -0.25) is 0 Å². The highest BCUT2D eigenvalue weighted by Crippen LogP contribution is 2.46. The van der Waals surface area contributed by atoms with Crippen molar-refractivity contribution < 1.29 is 9.84 Å². The molecule has 2 nitrogen and oxygen atoms in total. The Bertz CT molecular complexity index is 424. The number of rotatable bonds is 0. The predicted molar refractivity (Wildman–Crippen MR) is 70.2 cm³/mol. The monoisotopic (exact) mass is 296 g/mol. The summed E-state index contributed by atoms with van der Waals surface area (Å²) in [6.07, 6.45) is 6.27. The fourth-order valence-corrected chi connectivity index (χ4v) is 3.49. The Labute approximate surface area is 110 Å². The van der Waals surface area contributed by atoms with E-state index in [1.54, 1.807) is 0 Å². The lowest BCUT2D eigenvalue weighted by atomic mass is 9.78. The molecule has 1 aromatic carbocycles. The van der Waals surface area contributed by atoms with Crippen LogP contribution in [0.5, 0.6) is 5.75 Å². The smallest absolute Gasteiger partial charge is 0.126 e. The van der Waals surface area contributed by atoms with Crippen molar-refractivity contribution in [3.05, 3.63) is 28.2 Å². The molecule has 1 saturated carbocycles. The lowest BCUT2D eigenvalue weighted by molar-refractivity contribution is -0.0381. The third-order valence-electron chi connectivity index (χ3n) is 3.99. The molecular weight excluding hydrogens is 280 g/mol. The van der Waals surface area contributed by atoms with Crippen LogP contribution in [0.4, 0.5) is 0 Å². The number of hydrogen-bond donors (Lipinski definition) is 1. The van der Waals surface area contributed by atoms with Crippen molar-refractivity contribution in [1.29, 1.82) is 0 Å². The van der Waals surface area contributed by atoms with Crippen LogP contribution >= 0.6 is 15.9 Å². The van der Waals surface area contributed by atoms with Crippen LogP contribution in [0, 0.1) is 0 Å². The Balaban J connectivity index is 1.94. The lowest BCUT2D eigenvalue weighted by Crippen LogP contribution is -2.42. The second-order valence-electron chi connectivity index (χ2n) is 5.25. The van der Waals surface area contributed by atoms with Crippen molar-refractivity contribution in [3.8, 4) is 5.75 Å². The van der Waals surface area contributed by atoms with Gasteiger partial charge >= 0.3 is 0 Å². The number of ether oxygens (including phenoxy) is 1. The summed E-state index contributed by atoms with van der Waals surface area (Å²) in [6, 6.07) is 5.92. The van der Waals surface area contributed by atoms with Crippen molar-refractivity contribution in [3.63, 3.8) is 0 Å². The molecule has 1 aromatic rings. The molecule has 1 aliphatic heterocycles. The maximum Gasteiger partial charge on any atom is 0.126 e. The van der Waals surface area contributed by atoms with E-state index in [4.69, 9.17) is 4.74 Å². The first-order chi connectivity index (χ1) is 8.19. The number of halogens is 1. The molecule has 3 heteroatoms. The summed E-state index contributed by atoms with van der Waals surface area (Å²) in [7, 11) is 0. The van der Waals surface area contributed by atoms with E-state index in [1.165, 1.54) is 19.3 Å². The van der Waals surface area contributed by atoms with E-state index in [2.05, 4.69) is 15.9 Å². The fraction of sp³-hybridized carbons (Fsp3) is 0.571. The van der Waals surface area contributed by atoms with E-state index in [0.29, 0.717) is 0 Å². The molecule has 1 heterocycles. The molecule has 17 heavy (non-hydrogen) atoms. The summed E-state index contributed by atoms with van der Waals surface area (Å²) in [5.74, 6) is 0.869. The molecule has 1 aliphatic carbocycles. The van der Waals surface area contributed by atoms with Gasteiger partial charge in [-0.25, -0.2) is 0 Å². The molecular formula is C14H17BrO2. The van der Waals surface area contributed by atoms with Gasteiger partial charge in [0.05, 0.1) is 6.10 Å². The molecule has 0 aromatic heterocycles. The third kappa shape index (κ3) is 2.11. The van der Waals surface area contributed by atoms with Crippen LogP contribution < -0.4 is 4.74 Å². The summed E-state index contributed by atoms with van der Waals surface area (Å²) in [5, 5.41) is 10.3. The zero-order chi connectivity index (χ0) is 11.9. The molecule has 0 saturated heterocycles. The number of hydrogen-bond acceptors (Lipinski definition) is 2. The van der Waals surface area contributed by atoms with Gasteiger partial charge in [-0.1, -0.05) is 22.4 Å². The average molecular weight is 297 g/mol. The van der Waals surface area contributed by atoms with Gasteiger partial charge in [0.25, 0.3) is 0 Å². The van der Waals surface area contributed by atoms with Gasteiger partial charge in [0.15, 0.2) is 0 Å². The highest BCUT2D eigenvalue weighted by molar-refractivity contribution is 9.10. The lowest BCUT2D eigenvalue weighted by Gasteiger charge is -2.43. The number of aliphatic hydroxyl groups is 1. The third-order valence-corrected chi connectivity index (χ3v) is 4.48. The van der Waals surface area contributed by atoms with E-state index in [1.807, 2.05) is 18.2 Å². The Kier molecular flexibility index (Phi) is 2.91. The first-order valence-corrected chi connectivity index (χ1v) is 7.14. The van der Waals surface area contributed by atoms with Crippen molar-refractivity contribution >= 4 is 15.9 Å². The molecule has 1 atom stereocenters. The van der Waals surface area contributed by atoms with Crippen molar-refractivity contribution in [2.24, 2.45) is 0 Å². The van der Waals surface area contributed by atoms with Crippen molar-refractivity contribution in [2.45, 2.75) is 50.2 Å². The fourth-order valence-electron chi connectivity index (χ4n) is 3.11. The summed E-state index contributed by atoms with van der Waals surface area (Å²) < 4.78 is 7.20. The Morgan fingerprint density at radius 3 is 2.76 bits per heavy atom. The highest BCUT2D eigenvalue weighted by Gasteiger charge is 2.41. The van der Waals surface area contributed by atoms with Gasteiger partial charge in [0, 0.05) is 16.5 Å². The molecule has 0 bridgehead atoms. The highest BCUT2D eigenvalue weighted by atomic mass is 79.9.